The van der Waals surface area contributed by atoms with Crippen LogP contribution in [0.1, 0.15) is 38.7 Å². The molecule has 5 heteroatoms. The Balaban J connectivity index is 2.93. The summed E-state index contributed by atoms with van der Waals surface area (Å²) in [6.07, 6.45) is 4.26. The van der Waals surface area contributed by atoms with Crippen LogP contribution in [-0.4, -0.2) is 17.5 Å². The number of nitrogens with zero attached hydrogens (tertiary/aromatic N) is 1. The molecule has 0 spiro atoms. The fourth-order valence-electron chi connectivity index (χ4n) is 1.72. The Morgan fingerprint density at radius 2 is 1.95 bits per heavy atom. The molecule has 1 aromatic rings. The summed E-state index contributed by atoms with van der Waals surface area (Å²) in [5.41, 5.74) is 1.39. The monoisotopic (exact) mass is 277 g/mol. The van der Waals surface area contributed by atoms with E-state index in [1.807, 2.05) is 0 Å². The number of nitro groups is 1. The molecule has 0 amide bonds. The predicted molar refractivity (Wildman–Crippen MR) is 77.2 cm³/mol. The van der Waals surface area contributed by atoms with Crippen molar-refractivity contribution in [1.29, 1.82) is 0 Å². The Hall–Kier alpha value is -2.17. The maximum absolute atomic E-state index is 11.8. The average molecular weight is 277 g/mol. The highest BCUT2D eigenvalue weighted by Gasteiger charge is 2.10. The molecule has 0 saturated heterocycles. The second-order valence-electron chi connectivity index (χ2n) is 4.34. The number of carbonyl (C=O) groups is 1. The topological polar surface area (TPSA) is 69.4 Å². The number of carbonyl (C=O) groups excluding carboxylic acids is 1. The second-order valence-corrected chi connectivity index (χ2v) is 4.34. The molecule has 0 aliphatic rings. The van der Waals surface area contributed by atoms with Crippen LogP contribution in [0.25, 0.3) is 6.08 Å². The van der Waals surface area contributed by atoms with Gasteiger partial charge in [-0.05, 0) is 43.5 Å². The Morgan fingerprint density at radius 1 is 1.30 bits per heavy atom. The van der Waals surface area contributed by atoms with Crippen molar-refractivity contribution in [3.63, 3.8) is 0 Å². The summed E-state index contributed by atoms with van der Waals surface area (Å²) < 4.78 is 5.02. The van der Waals surface area contributed by atoms with Gasteiger partial charge in [-0.1, -0.05) is 13.3 Å². The van der Waals surface area contributed by atoms with Gasteiger partial charge in [0.05, 0.1) is 11.5 Å². The summed E-state index contributed by atoms with van der Waals surface area (Å²) in [6.45, 7) is 4.15. The highest BCUT2D eigenvalue weighted by Crippen LogP contribution is 2.17. The van der Waals surface area contributed by atoms with Crippen molar-refractivity contribution in [3.05, 3.63) is 45.5 Å². The highest BCUT2D eigenvalue weighted by atomic mass is 16.6. The molecule has 0 atom stereocenters. The van der Waals surface area contributed by atoms with Crippen LogP contribution in [0.15, 0.2) is 29.8 Å². The summed E-state index contributed by atoms with van der Waals surface area (Å²) in [7, 11) is 0. The van der Waals surface area contributed by atoms with Crippen LogP contribution in [0, 0.1) is 10.1 Å². The first-order valence-corrected chi connectivity index (χ1v) is 6.70. The van der Waals surface area contributed by atoms with Crippen LogP contribution in [0.2, 0.25) is 0 Å². The van der Waals surface area contributed by atoms with Crippen molar-refractivity contribution >= 4 is 17.7 Å². The molecule has 5 nitrogen and oxygen atoms in total. The minimum Gasteiger partial charge on any atom is -0.463 e. The molecule has 0 heterocycles. The molecule has 0 radical (unpaired) electrons. The van der Waals surface area contributed by atoms with E-state index < -0.39 is 4.92 Å². The summed E-state index contributed by atoms with van der Waals surface area (Å²) in [4.78, 5) is 22.0. The maximum Gasteiger partial charge on any atom is 0.334 e. The molecule has 0 aromatic heterocycles. The van der Waals surface area contributed by atoms with E-state index in [0.717, 1.165) is 18.4 Å². The van der Waals surface area contributed by atoms with E-state index in [-0.39, 0.29) is 11.7 Å². The van der Waals surface area contributed by atoms with E-state index >= 15 is 0 Å². The number of unbranched alkanes of at least 4 members (excludes halogenated alkanes) is 1. The number of rotatable bonds is 7. The standard InChI is InChI=1S/C15H19NO4/c1-3-5-6-13(15(17)20-4-2)11-12-7-9-14(10-8-12)16(18)19/h7-11H,3-6H2,1-2H3/b13-11+. The van der Waals surface area contributed by atoms with Gasteiger partial charge in [-0.2, -0.15) is 0 Å². The zero-order valence-corrected chi connectivity index (χ0v) is 11.8. The van der Waals surface area contributed by atoms with Crippen LogP contribution in [0.3, 0.4) is 0 Å². The number of non-ortho nitro benzene ring substituents is 1. The predicted octanol–water partition coefficient (Wildman–Crippen LogP) is 3.73. The zero-order valence-electron chi connectivity index (χ0n) is 11.8. The third-order valence-electron chi connectivity index (χ3n) is 2.78. The number of ether oxygens (including phenoxy) is 1. The van der Waals surface area contributed by atoms with Crippen LogP contribution in [0.4, 0.5) is 5.69 Å². The van der Waals surface area contributed by atoms with E-state index in [0.29, 0.717) is 18.6 Å². The van der Waals surface area contributed by atoms with E-state index in [1.54, 1.807) is 25.1 Å². The lowest BCUT2D eigenvalue weighted by Gasteiger charge is -2.06. The zero-order chi connectivity index (χ0) is 15.0. The molecule has 0 saturated carbocycles. The van der Waals surface area contributed by atoms with Gasteiger partial charge in [0.1, 0.15) is 0 Å². The Labute approximate surface area is 118 Å². The lowest BCUT2D eigenvalue weighted by Crippen LogP contribution is -2.07. The van der Waals surface area contributed by atoms with Gasteiger partial charge in [-0.15, -0.1) is 0 Å². The van der Waals surface area contributed by atoms with Crippen LogP contribution in [0.5, 0.6) is 0 Å². The molecule has 0 unspecified atom stereocenters. The summed E-state index contributed by atoms with van der Waals surface area (Å²) in [6, 6.07) is 6.11. The minimum absolute atomic E-state index is 0.0355. The van der Waals surface area contributed by atoms with Crippen molar-refractivity contribution in [3.8, 4) is 0 Å². The first-order valence-electron chi connectivity index (χ1n) is 6.70. The van der Waals surface area contributed by atoms with Crippen molar-refractivity contribution in [2.75, 3.05) is 6.61 Å². The van der Waals surface area contributed by atoms with Gasteiger partial charge in [0.15, 0.2) is 0 Å². The van der Waals surface area contributed by atoms with E-state index in [1.165, 1.54) is 12.1 Å². The molecule has 0 fully saturated rings. The molecule has 20 heavy (non-hydrogen) atoms. The van der Waals surface area contributed by atoms with Gasteiger partial charge in [0, 0.05) is 17.7 Å². The summed E-state index contributed by atoms with van der Waals surface area (Å²) >= 11 is 0. The Bertz CT molecular complexity index is 491. The number of benzene rings is 1. The SMILES string of the molecule is CCCC/C(=C\c1ccc([N+](=O)[O-])cc1)C(=O)OCC. The van der Waals surface area contributed by atoms with Gasteiger partial charge in [0.25, 0.3) is 5.69 Å². The quantitative estimate of drug-likeness (QED) is 0.329. The lowest BCUT2D eigenvalue weighted by molar-refractivity contribution is -0.384. The largest absolute Gasteiger partial charge is 0.463 e. The molecular weight excluding hydrogens is 258 g/mol. The molecule has 1 rings (SSSR count). The molecule has 0 N–H and O–H groups in total. The first kappa shape index (κ1) is 15.9. The van der Waals surface area contributed by atoms with E-state index in [2.05, 4.69) is 6.92 Å². The molecule has 0 aliphatic carbocycles. The normalized spacial score (nSPS) is 11.2. The minimum atomic E-state index is -0.448. The van der Waals surface area contributed by atoms with Crippen molar-refractivity contribution in [2.45, 2.75) is 33.1 Å². The maximum atomic E-state index is 11.8. The van der Waals surface area contributed by atoms with E-state index in [4.69, 9.17) is 4.74 Å². The number of nitro benzene ring substituents is 1. The van der Waals surface area contributed by atoms with Crippen LogP contribution in [-0.2, 0) is 9.53 Å². The van der Waals surface area contributed by atoms with Crippen LogP contribution >= 0.6 is 0 Å². The molecule has 0 bridgehead atoms. The van der Waals surface area contributed by atoms with Gasteiger partial charge in [-0.3, -0.25) is 10.1 Å². The Kier molecular flexibility index (Phi) is 6.43. The van der Waals surface area contributed by atoms with Gasteiger partial charge < -0.3 is 4.74 Å². The molecular formula is C15H19NO4. The average Bonchev–Trinajstić information content (AvgIpc) is 2.44. The highest BCUT2D eigenvalue weighted by molar-refractivity contribution is 5.93. The Morgan fingerprint density at radius 3 is 2.45 bits per heavy atom. The fraction of sp³-hybridized carbons (Fsp3) is 0.400. The molecule has 108 valence electrons. The lowest BCUT2D eigenvalue weighted by atomic mass is 10.1. The number of hydrogen-bond donors (Lipinski definition) is 0. The fourth-order valence-corrected chi connectivity index (χ4v) is 1.72. The number of hydrogen-bond acceptors (Lipinski definition) is 4. The third kappa shape index (κ3) is 4.84. The first-order chi connectivity index (χ1) is 9.58. The van der Waals surface area contributed by atoms with Crippen molar-refractivity contribution in [1.82, 2.24) is 0 Å². The van der Waals surface area contributed by atoms with E-state index in [9.17, 15) is 14.9 Å². The summed E-state index contributed by atoms with van der Waals surface area (Å²) in [5, 5.41) is 10.6. The van der Waals surface area contributed by atoms with Gasteiger partial charge in [-0.25, -0.2) is 4.79 Å². The van der Waals surface area contributed by atoms with Gasteiger partial charge >= 0.3 is 5.97 Å². The number of esters is 1. The second kappa shape index (κ2) is 8.09. The van der Waals surface area contributed by atoms with Crippen LogP contribution < -0.4 is 0 Å². The van der Waals surface area contributed by atoms with Gasteiger partial charge in [0.2, 0.25) is 0 Å². The van der Waals surface area contributed by atoms with Crippen molar-refractivity contribution < 1.29 is 14.5 Å². The smallest absolute Gasteiger partial charge is 0.334 e. The third-order valence-corrected chi connectivity index (χ3v) is 2.78. The molecule has 0 aliphatic heterocycles. The summed E-state index contributed by atoms with van der Waals surface area (Å²) in [5.74, 6) is -0.320. The molecule has 1 aromatic carbocycles. The van der Waals surface area contributed by atoms with Crippen molar-refractivity contribution in [2.24, 2.45) is 0 Å².